The van der Waals surface area contributed by atoms with Crippen LogP contribution in [-0.4, -0.2) is 20.2 Å². The van der Waals surface area contributed by atoms with Gasteiger partial charge in [-0.1, -0.05) is 0 Å². The summed E-state index contributed by atoms with van der Waals surface area (Å²) in [4.78, 5) is 24.7. The van der Waals surface area contributed by atoms with Crippen molar-refractivity contribution >= 4 is 37.2 Å². The van der Waals surface area contributed by atoms with E-state index in [2.05, 4.69) is 0 Å². The third-order valence-electron chi connectivity index (χ3n) is 2.97. The fourth-order valence-electron chi connectivity index (χ4n) is 2.05. The molecule has 102 valence electrons. The molecule has 5 nitrogen and oxygen atoms in total. The molecule has 0 unspecified atom stereocenters. The van der Waals surface area contributed by atoms with E-state index < -0.39 is 9.05 Å². The fraction of sp³-hybridized carbons (Fsp3) is 0.333. The van der Waals surface area contributed by atoms with Gasteiger partial charge in [-0.3, -0.25) is 14.5 Å². The zero-order chi connectivity index (χ0) is 14.2. The maximum absolute atomic E-state index is 11.8. The van der Waals surface area contributed by atoms with Crippen LogP contribution >= 0.6 is 10.7 Å². The van der Waals surface area contributed by atoms with Gasteiger partial charge in [-0.2, -0.15) is 0 Å². The Hall–Kier alpha value is -1.40. The Bertz CT molecular complexity index is 638. The van der Waals surface area contributed by atoms with E-state index in [1.54, 1.807) is 6.92 Å². The summed E-state index contributed by atoms with van der Waals surface area (Å²) in [5, 5.41) is 0. The summed E-state index contributed by atoms with van der Waals surface area (Å²) < 4.78 is 22.4. The van der Waals surface area contributed by atoms with Crippen LogP contribution in [0.4, 0.5) is 5.69 Å². The molecule has 2 rings (SSSR count). The molecule has 1 aliphatic rings. The van der Waals surface area contributed by atoms with Crippen molar-refractivity contribution in [1.29, 1.82) is 0 Å². The molecular formula is C12H12ClNO4S. The van der Waals surface area contributed by atoms with Crippen molar-refractivity contribution < 1.29 is 18.0 Å². The van der Waals surface area contributed by atoms with Gasteiger partial charge in [-0.15, -0.1) is 0 Å². The number of carbonyl (C=O) groups excluding carboxylic acids is 2. The molecule has 2 amide bonds. The van der Waals surface area contributed by atoms with Gasteiger partial charge >= 0.3 is 0 Å². The SMILES string of the molecule is Cc1cc(S(=O)(=O)Cl)ccc1N1C(=O)CCCC1=O. The van der Waals surface area contributed by atoms with Gasteiger partial charge in [0.15, 0.2) is 0 Å². The summed E-state index contributed by atoms with van der Waals surface area (Å²) in [6, 6.07) is 4.08. The number of hydrogen-bond donors (Lipinski definition) is 0. The van der Waals surface area contributed by atoms with E-state index in [0.717, 1.165) is 4.90 Å². The minimum absolute atomic E-state index is 0.0488. The Labute approximate surface area is 115 Å². The number of carbonyl (C=O) groups is 2. The maximum atomic E-state index is 11.8. The average Bonchev–Trinajstić information content (AvgIpc) is 2.29. The highest BCUT2D eigenvalue weighted by Crippen LogP contribution is 2.28. The first-order valence-corrected chi connectivity index (χ1v) is 8.03. The van der Waals surface area contributed by atoms with Crippen LogP contribution in [-0.2, 0) is 18.6 Å². The lowest BCUT2D eigenvalue weighted by Crippen LogP contribution is -2.40. The third-order valence-corrected chi connectivity index (χ3v) is 4.32. The molecule has 1 aliphatic heterocycles. The summed E-state index contributed by atoms with van der Waals surface area (Å²) in [5.41, 5.74) is 0.934. The molecule has 0 N–H and O–H groups in total. The quantitative estimate of drug-likeness (QED) is 0.618. The second-order valence-electron chi connectivity index (χ2n) is 4.36. The minimum atomic E-state index is -3.82. The van der Waals surface area contributed by atoms with Crippen LogP contribution in [0.2, 0.25) is 0 Å². The summed E-state index contributed by atoms with van der Waals surface area (Å²) in [7, 11) is 1.43. The predicted octanol–water partition coefficient (Wildman–Crippen LogP) is 1.97. The van der Waals surface area contributed by atoms with Gasteiger partial charge < -0.3 is 0 Å². The highest BCUT2D eigenvalue weighted by molar-refractivity contribution is 8.13. The molecule has 1 fully saturated rings. The molecule has 0 radical (unpaired) electrons. The summed E-state index contributed by atoms with van der Waals surface area (Å²) in [6.07, 6.45) is 1.20. The van der Waals surface area contributed by atoms with Crippen molar-refractivity contribution in [2.75, 3.05) is 4.90 Å². The number of halogens is 1. The lowest BCUT2D eigenvalue weighted by atomic mass is 10.1. The maximum Gasteiger partial charge on any atom is 0.261 e. The lowest BCUT2D eigenvalue weighted by Gasteiger charge is -2.26. The molecule has 1 aromatic rings. The van der Waals surface area contributed by atoms with Crippen molar-refractivity contribution in [3.8, 4) is 0 Å². The number of aryl methyl sites for hydroxylation is 1. The number of imide groups is 1. The molecule has 0 atom stereocenters. The van der Waals surface area contributed by atoms with E-state index in [0.29, 0.717) is 30.5 Å². The molecule has 19 heavy (non-hydrogen) atoms. The van der Waals surface area contributed by atoms with Crippen LogP contribution in [0.5, 0.6) is 0 Å². The Balaban J connectivity index is 2.46. The fourth-order valence-corrected chi connectivity index (χ4v) is 2.89. The van der Waals surface area contributed by atoms with Crippen molar-refractivity contribution in [3.63, 3.8) is 0 Å². The first-order valence-electron chi connectivity index (χ1n) is 5.72. The highest BCUT2D eigenvalue weighted by atomic mass is 35.7. The Kier molecular flexibility index (Phi) is 3.64. The Morgan fingerprint density at radius 1 is 1.16 bits per heavy atom. The van der Waals surface area contributed by atoms with Gasteiger partial charge in [0.05, 0.1) is 10.6 Å². The number of anilines is 1. The number of amides is 2. The first-order chi connectivity index (χ1) is 8.80. The normalized spacial score (nSPS) is 16.8. The van der Waals surface area contributed by atoms with Crippen LogP contribution in [0.25, 0.3) is 0 Å². The first kappa shape index (κ1) is 14.0. The van der Waals surface area contributed by atoms with Gasteiger partial charge in [0.2, 0.25) is 11.8 Å². The Morgan fingerprint density at radius 3 is 2.21 bits per heavy atom. The summed E-state index contributed by atoms with van der Waals surface area (Å²) in [5.74, 6) is -0.526. The number of piperidine rings is 1. The van der Waals surface area contributed by atoms with E-state index in [4.69, 9.17) is 10.7 Å². The van der Waals surface area contributed by atoms with E-state index in [1.807, 2.05) is 0 Å². The van der Waals surface area contributed by atoms with Crippen LogP contribution in [0.1, 0.15) is 24.8 Å². The topological polar surface area (TPSA) is 71.5 Å². The minimum Gasteiger partial charge on any atom is -0.274 e. The van der Waals surface area contributed by atoms with Gasteiger partial charge in [0.25, 0.3) is 9.05 Å². The molecule has 0 spiro atoms. The number of hydrogen-bond acceptors (Lipinski definition) is 4. The number of nitrogens with zero attached hydrogens (tertiary/aromatic N) is 1. The monoisotopic (exact) mass is 301 g/mol. The molecule has 0 aromatic heterocycles. The standard InChI is InChI=1S/C12H12ClNO4S/c1-8-7-9(19(13,17)18)5-6-10(8)14-11(15)3-2-4-12(14)16/h5-7H,2-4H2,1H3. The third kappa shape index (κ3) is 2.79. The van der Waals surface area contributed by atoms with Crippen LogP contribution in [0.3, 0.4) is 0 Å². The summed E-state index contributed by atoms with van der Waals surface area (Å²) in [6.45, 7) is 1.63. The second kappa shape index (κ2) is 4.94. The van der Waals surface area contributed by atoms with Gasteiger partial charge in [-0.25, -0.2) is 8.42 Å². The summed E-state index contributed by atoms with van der Waals surface area (Å²) >= 11 is 0. The van der Waals surface area contributed by atoms with E-state index in [1.165, 1.54) is 18.2 Å². The molecule has 7 heteroatoms. The molecule has 0 bridgehead atoms. The zero-order valence-corrected chi connectivity index (χ0v) is 11.8. The van der Waals surface area contributed by atoms with E-state index in [9.17, 15) is 18.0 Å². The largest absolute Gasteiger partial charge is 0.274 e. The van der Waals surface area contributed by atoms with Crippen LogP contribution in [0, 0.1) is 6.92 Å². The van der Waals surface area contributed by atoms with Crippen LogP contribution in [0.15, 0.2) is 23.1 Å². The van der Waals surface area contributed by atoms with Gasteiger partial charge in [-0.05, 0) is 37.1 Å². The average molecular weight is 302 g/mol. The molecule has 0 aliphatic carbocycles. The van der Waals surface area contributed by atoms with Crippen molar-refractivity contribution in [3.05, 3.63) is 23.8 Å². The second-order valence-corrected chi connectivity index (χ2v) is 6.93. The lowest BCUT2D eigenvalue weighted by molar-refractivity contribution is -0.129. The zero-order valence-electron chi connectivity index (χ0n) is 10.2. The number of rotatable bonds is 2. The predicted molar refractivity (Wildman–Crippen MR) is 70.6 cm³/mol. The van der Waals surface area contributed by atoms with Gasteiger partial charge in [0, 0.05) is 23.5 Å². The molecular weight excluding hydrogens is 290 g/mol. The van der Waals surface area contributed by atoms with Crippen molar-refractivity contribution in [2.45, 2.75) is 31.1 Å². The molecule has 1 aromatic carbocycles. The van der Waals surface area contributed by atoms with Crippen molar-refractivity contribution in [2.24, 2.45) is 0 Å². The van der Waals surface area contributed by atoms with E-state index in [-0.39, 0.29) is 16.7 Å². The van der Waals surface area contributed by atoms with Gasteiger partial charge in [0.1, 0.15) is 0 Å². The van der Waals surface area contributed by atoms with Crippen LogP contribution < -0.4 is 4.90 Å². The number of benzene rings is 1. The Morgan fingerprint density at radius 2 is 1.74 bits per heavy atom. The smallest absolute Gasteiger partial charge is 0.261 e. The molecule has 1 saturated heterocycles. The van der Waals surface area contributed by atoms with E-state index >= 15 is 0 Å². The van der Waals surface area contributed by atoms with Crippen molar-refractivity contribution in [1.82, 2.24) is 0 Å². The molecule has 0 saturated carbocycles. The highest BCUT2D eigenvalue weighted by Gasteiger charge is 2.28. The molecule has 1 heterocycles.